The lowest BCUT2D eigenvalue weighted by atomic mass is 10.3. The van der Waals surface area contributed by atoms with Gasteiger partial charge in [-0.1, -0.05) is 11.6 Å². The van der Waals surface area contributed by atoms with Gasteiger partial charge in [0.05, 0.1) is 28.2 Å². The summed E-state index contributed by atoms with van der Waals surface area (Å²) in [5.74, 6) is -0.679. The van der Waals surface area contributed by atoms with Crippen LogP contribution in [-0.4, -0.2) is 25.8 Å². The van der Waals surface area contributed by atoms with E-state index in [0.717, 1.165) is 11.4 Å². The molecule has 2 heterocycles. The fourth-order valence-electron chi connectivity index (χ4n) is 1.60. The van der Waals surface area contributed by atoms with Crippen molar-refractivity contribution in [3.8, 4) is 5.75 Å². The van der Waals surface area contributed by atoms with Crippen molar-refractivity contribution < 1.29 is 14.6 Å². The van der Waals surface area contributed by atoms with Gasteiger partial charge in [0, 0.05) is 13.2 Å². The van der Waals surface area contributed by atoms with Crippen LogP contribution < -0.4 is 4.74 Å². The van der Waals surface area contributed by atoms with E-state index < -0.39 is 5.97 Å². The molecule has 0 spiro atoms. The Bertz CT molecular complexity index is 625. The third kappa shape index (κ3) is 2.85. The van der Waals surface area contributed by atoms with Crippen molar-refractivity contribution in [2.45, 2.75) is 13.5 Å². The number of hydrogen-bond acceptors (Lipinski definition) is 4. The zero-order chi connectivity index (χ0) is 14.0. The normalized spacial score (nSPS) is 10.5. The van der Waals surface area contributed by atoms with Crippen LogP contribution in [-0.2, 0) is 13.7 Å². The number of carboxylic acids is 1. The molecule has 7 heteroatoms. The molecule has 0 aliphatic carbocycles. The first-order chi connectivity index (χ1) is 8.99. The van der Waals surface area contributed by atoms with Crippen molar-refractivity contribution in [3.63, 3.8) is 0 Å². The minimum Gasteiger partial charge on any atom is -0.486 e. The SMILES string of the molecule is Cc1nn(C)c(COc2cncc(C(=O)O)c2)c1Cl. The summed E-state index contributed by atoms with van der Waals surface area (Å²) >= 11 is 6.09. The van der Waals surface area contributed by atoms with Crippen molar-refractivity contribution in [1.82, 2.24) is 14.8 Å². The first kappa shape index (κ1) is 13.4. The molecule has 0 aromatic carbocycles. The van der Waals surface area contributed by atoms with E-state index in [9.17, 15) is 4.79 Å². The van der Waals surface area contributed by atoms with E-state index >= 15 is 0 Å². The van der Waals surface area contributed by atoms with Crippen molar-refractivity contribution in [2.75, 3.05) is 0 Å². The summed E-state index contributed by atoms with van der Waals surface area (Å²) in [6, 6.07) is 1.41. The molecule has 0 saturated heterocycles. The molecule has 19 heavy (non-hydrogen) atoms. The summed E-state index contributed by atoms with van der Waals surface area (Å²) in [5, 5.41) is 13.6. The topological polar surface area (TPSA) is 77.2 Å². The molecule has 0 aliphatic rings. The number of aryl methyl sites for hydroxylation is 2. The number of hydrogen-bond donors (Lipinski definition) is 1. The molecule has 0 aliphatic heterocycles. The smallest absolute Gasteiger partial charge is 0.337 e. The number of carboxylic acid groups (broad SMARTS) is 1. The first-order valence-corrected chi connectivity index (χ1v) is 5.86. The van der Waals surface area contributed by atoms with Gasteiger partial charge >= 0.3 is 5.97 Å². The van der Waals surface area contributed by atoms with Crippen molar-refractivity contribution in [1.29, 1.82) is 0 Å². The lowest BCUT2D eigenvalue weighted by Crippen LogP contribution is -2.05. The quantitative estimate of drug-likeness (QED) is 0.928. The Kier molecular flexibility index (Phi) is 3.71. The second-order valence-electron chi connectivity index (χ2n) is 3.97. The third-order valence-corrected chi connectivity index (χ3v) is 3.09. The molecule has 0 saturated carbocycles. The highest BCUT2D eigenvalue weighted by Gasteiger charge is 2.12. The van der Waals surface area contributed by atoms with Gasteiger partial charge in [-0.2, -0.15) is 5.10 Å². The van der Waals surface area contributed by atoms with E-state index in [1.54, 1.807) is 18.7 Å². The van der Waals surface area contributed by atoms with E-state index in [1.165, 1.54) is 18.5 Å². The van der Waals surface area contributed by atoms with Crippen LogP contribution in [0.1, 0.15) is 21.7 Å². The van der Waals surface area contributed by atoms with Crippen LogP contribution in [0.25, 0.3) is 0 Å². The van der Waals surface area contributed by atoms with Crippen LogP contribution in [0.3, 0.4) is 0 Å². The fourth-order valence-corrected chi connectivity index (χ4v) is 1.82. The molecule has 0 atom stereocenters. The highest BCUT2D eigenvalue weighted by atomic mass is 35.5. The molecule has 0 unspecified atom stereocenters. The van der Waals surface area contributed by atoms with E-state index in [4.69, 9.17) is 21.4 Å². The second kappa shape index (κ2) is 5.27. The molecule has 0 fully saturated rings. The standard InChI is InChI=1S/C12H12ClN3O3/c1-7-11(13)10(16(2)15-7)6-19-9-3-8(12(17)18)4-14-5-9/h3-5H,6H2,1-2H3,(H,17,18). The number of carbonyl (C=O) groups is 1. The summed E-state index contributed by atoms with van der Waals surface area (Å²) in [6.07, 6.45) is 2.71. The molecule has 1 N–H and O–H groups in total. The first-order valence-electron chi connectivity index (χ1n) is 5.48. The third-order valence-electron chi connectivity index (χ3n) is 2.60. The molecule has 0 amide bonds. The predicted molar refractivity (Wildman–Crippen MR) is 68.5 cm³/mol. The van der Waals surface area contributed by atoms with Crippen molar-refractivity contribution in [3.05, 3.63) is 40.4 Å². The van der Waals surface area contributed by atoms with E-state index in [1.807, 2.05) is 0 Å². The van der Waals surface area contributed by atoms with Crippen LogP contribution >= 0.6 is 11.6 Å². The van der Waals surface area contributed by atoms with Gasteiger partial charge in [-0.3, -0.25) is 9.67 Å². The zero-order valence-electron chi connectivity index (χ0n) is 10.4. The van der Waals surface area contributed by atoms with Crippen LogP contribution in [0.15, 0.2) is 18.5 Å². The minimum atomic E-state index is -1.05. The average Bonchev–Trinajstić information content (AvgIpc) is 2.61. The predicted octanol–water partition coefficient (Wildman–Crippen LogP) is 2.05. The maximum absolute atomic E-state index is 10.8. The molecular formula is C12H12ClN3O3. The van der Waals surface area contributed by atoms with Crippen molar-refractivity contribution >= 4 is 17.6 Å². The summed E-state index contributed by atoms with van der Waals surface area (Å²) in [7, 11) is 1.77. The van der Waals surface area contributed by atoms with Crippen molar-refractivity contribution in [2.24, 2.45) is 7.05 Å². The lowest BCUT2D eigenvalue weighted by molar-refractivity contribution is 0.0696. The van der Waals surface area contributed by atoms with Gasteiger partial charge in [-0.15, -0.1) is 0 Å². The summed E-state index contributed by atoms with van der Waals surface area (Å²) < 4.78 is 7.12. The summed E-state index contributed by atoms with van der Waals surface area (Å²) in [5.41, 5.74) is 1.52. The number of aromatic nitrogens is 3. The highest BCUT2D eigenvalue weighted by molar-refractivity contribution is 6.31. The Labute approximate surface area is 114 Å². The van der Waals surface area contributed by atoms with Gasteiger partial charge in [0.15, 0.2) is 0 Å². The molecule has 100 valence electrons. The van der Waals surface area contributed by atoms with Crippen LogP contribution in [0, 0.1) is 6.92 Å². The average molecular weight is 282 g/mol. The van der Waals surface area contributed by atoms with Gasteiger partial charge in [0.25, 0.3) is 0 Å². The van der Waals surface area contributed by atoms with Gasteiger partial charge in [0.1, 0.15) is 12.4 Å². The maximum atomic E-state index is 10.8. The molecule has 2 aromatic heterocycles. The van der Waals surface area contributed by atoms with Gasteiger partial charge < -0.3 is 9.84 Å². The number of halogens is 1. The second-order valence-corrected chi connectivity index (χ2v) is 4.35. The molecule has 2 aromatic rings. The van der Waals surface area contributed by atoms with E-state index in [0.29, 0.717) is 10.8 Å². The number of rotatable bonds is 4. The molecule has 0 radical (unpaired) electrons. The van der Waals surface area contributed by atoms with Crippen LogP contribution in [0.2, 0.25) is 5.02 Å². The Balaban J connectivity index is 2.14. The van der Waals surface area contributed by atoms with Crippen LogP contribution in [0.4, 0.5) is 0 Å². The molecule has 2 rings (SSSR count). The fraction of sp³-hybridized carbons (Fsp3) is 0.250. The minimum absolute atomic E-state index is 0.0739. The lowest BCUT2D eigenvalue weighted by Gasteiger charge is -2.07. The molecular weight excluding hydrogens is 270 g/mol. The van der Waals surface area contributed by atoms with E-state index in [-0.39, 0.29) is 12.2 Å². The Morgan fingerprint density at radius 1 is 1.53 bits per heavy atom. The highest BCUT2D eigenvalue weighted by Crippen LogP contribution is 2.21. The number of pyridine rings is 1. The summed E-state index contributed by atoms with van der Waals surface area (Å²) in [6.45, 7) is 2.00. The van der Waals surface area contributed by atoms with Gasteiger partial charge in [-0.05, 0) is 13.0 Å². The maximum Gasteiger partial charge on any atom is 0.337 e. The van der Waals surface area contributed by atoms with E-state index in [2.05, 4.69) is 10.1 Å². The van der Waals surface area contributed by atoms with Crippen LogP contribution in [0.5, 0.6) is 5.75 Å². The van der Waals surface area contributed by atoms with Gasteiger partial charge in [0.2, 0.25) is 0 Å². The Morgan fingerprint density at radius 2 is 2.26 bits per heavy atom. The largest absolute Gasteiger partial charge is 0.486 e. The molecule has 0 bridgehead atoms. The monoisotopic (exact) mass is 281 g/mol. The molecule has 6 nitrogen and oxygen atoms in total. The Morgan fingerprint density at radius 3 is 2.84 bits per heavy atom. The number of nitrogens with zero attached hydrogens (tertiary/aromatic N) is 3. The summed E-state index contributed by atoms with van der Waals surface area (Å²) in [4.78, 5) is 14.6. The Hall–Kier alpha value is -2.08. The van der Waals surface area contributed by atoms with Gasteiger partial charge in [-0.25, -0.2) is 4.79 Å². The number of ether oxygens (including phenoxy) is 1. The zero-order valence-corrected chi connectivity index (χ0v) is 11.2. The number of aromatic carboxylic acids is 1.